The molecule has 1 atom stereocenters. The predicted molar refractivity (Wildman–Crippen MR) is 68.0 cm³/mol. The summed E-state index contributed by atoms with van der Waals surface area (Å²) >= 11 is 0. The van der Waals surface area contributed by atoms with Crippen LogP contribution in [0.2, 0.25) is 0 Å². The molecule has 1 saturated carbocycles. The molecule has 2 aliphatic rings. The van der Waals surface area contributed by atoms with Crippen molar-refractivity contribution in [2.24, 2.45) is 0 Å². The molecule has 2 rings (SSSR count). The Morgan fingerprint density at radius 3 is 2.79 bits per heavy atom. The first-order valence-electron chi connectivity index (χ1n) is 6.77. The molecular formula is C12H21N3O4. The number of amides is 2. The van der Waals surface area contributed by atoms with Crippen LogP contribution in [0.4, 0.5) is 4.79 Å². The fraction of sp³-hybridized carbons (Fsp3) is 0.833. The molecule has 0 aromatic carbocycles. The summed E-state index contributed by atoms with van der Waals surface area (Å²) in [5.74, 6) is -1.02. The molecule has 19 heavy (non-hydrogen) atoms. The minimum atomic E-state index is -1.02. The monoisotopic (exact) mass is 271 g/mol. The molecule has 0 aromatic rings. The molecule has 2 fully saturated rings. The lowest BCUT2D eigenvalue weighted by molar-refractivity contribution is -0.154. The van der Waals surface area contributed by atoms with Gasteiger partial charge in [0, 0.05) is 19.1 Å². The summed E-state index contributed by atoms with van der Waals surface area (Å²) in [7, 11) is 0. The Morgan fingerprint density at radius 2 is 2.11 bits per heavy atom. The van der Waals surface area contributed by atoms with Crippen LogP contribution in [0, 0.1) is 0 Å². The molecule has 1 aliphatic heterocycles. The highest BCUT2D eigenvalue weighted by molar-refractivity contribution is 5.77. The maximum absolute atomic E-state index is 11.8. The van der Waals surface area contributed by atoms with Crippen LogP contribution in [0.15, 0.2) is 0 Å². The lowest BCUT2D eigenvalue weighted by Crippen LogP contribution is -2.52. The van der Waals surface area contributed by atoms with Gasteiger partial charge in [0.15, 0.2) is 6.10 Å². The molecule has 0 bridgehead atoms. The normalized spacial score (nSPS) is 23.2. The third kappa shape index (κ3) is 4.68. The second-order valence-electron chi connectivity index (χ2n) is 4.96. The number of carbonyl (C=O) groups excluding carboxylic acids is 1. The van der Waals surface area contributed by atoms with Crippen molar-refractivity contribution in [1.29, 1.82) is 0 Å². The third-order valence-electron chi connectivity index (χ3n) is 3.27. The summed E-state index contributed by atoms with van der Waals surface area (Å²) in [6, 6.07) is 0.479. The van der Waals surface area contributed by atoms with Crippen molar-refractivity contribution in [1.82, 2.24) is 15.5 Å². The Labute approximate surface area is 112 Å². The van der Waals surface area contributed by atoms with Crippen LogP contribution >= 0.6 is 0 Å². The van der Waals surface area contributed by atoms with E-state index in [1.54, 1.807) is 0 Å². The van der Waals surface area contributed by atoms with Gasteiger partial charge in [0.1, 0.15) is 0 Å². The van der Waals surface area contributed by atoms with Crippen LogP contribution in [-0.4, -0.2) is 66.9 Å². The standard InChI is InChI=1S/C12H21N3O4/c16-11(17)10-8-15(6-7-19-10)12(18)14-5-1-4-13-9-2-3-9/h9-10,13H,1-8H2,(H,14,18)(H,16,17). The van der Waals surface area contributed by atoms with Gasteiger partial charge in [0.05, 0.1) is 13.2 Å². The highest BCUT2D eigenvalue weighted by Gasteiger charge is 2.28. The molecule has 1 unspecified atom stereocenters. The summed E-state index contributed by atoms with van der Waals surface area (Å²) in [6.45, 7) is 2.34. The summed E-state index contributed by atoms with van der Waals surface area (Å²) in [5, 5.41) is 15.0. The second kappa shape index (κ2) is 6.72. The van der Waals surface area contributed by atoms with Crippen molar-refractivity contribution in [3.63, 3.8) is 0 Å². The number of morpholine rings is 1. The number of nitrogens with one attached hydrogen (secondary N) is 2. The number of hydrogen-bond acceptors (Lipinski definition) is 4. The van der Waals surface area contributed by atoms with Crippen LogP contribution in [0.25, 0.3) is 0 Å². The summed E-state index contributed by atoms with van der Waals surface area (Å²) in [5.41, 5.74) is 0. The second-order valence-corrected chi connectivity index (χ2v) is 4.96. The maximum Gasteiger partial charge on any atom is 0.334 e. The largest absolute Gasteiger partial charge is 0.479 e. The number of urea groups is 1. The van der Waals surface area contributed by atoms with Gasteiger partial charge in [-0.2, -0.15) is 0 Å². The number of carboxylic acid groups (broad SMARTS) is 1. The molecule has 1 aliphatic carbocycles. The van der Waals surface area contributed by atoms with Gasteiger partial charge in [-0.25, -0.2) is 9.59 Å². The van der Waals surface area contributed by atoms with Crippen molar-refractivity contribution in [2.45, 2.75) is 31.4 Å². The number of aliphatic carboxylic acids is 1. The molecular weight excluding hydrogens is 250 g/mol. The number of hydrogen-bond donors (Lipinski definition) is 3. The minimum absolute atomic E-state index is 0.113. The van der Waals surface area contributed by atoms with Crippen LogP contribution in [-0.2, 0) is 9.53 Å². The molecule has 1 heterocycles. The zero-order valence-electron chi connectivity index (χ0n) is 10.9. The van der Waals surface area contributed by atoms with Gasteiger partial charge in [-0.05, 0) is 25.8 Å². The van der Waals surface area contributed by atoms with Gasteiger partial charge in [-0.15, -0.1) is 0 Å². The van der Waals surface area contributed by atoms with E-state index in [0.717, 1.165) is 13.0 Å². The zero-order chi connectivity index (χ0) is 13.7. The van der Waals surface area contributed by atoms with Gasteiger partial charge < -0.3 is 25.4 Å². The quantitative estimate of drug-likeness (QED) is 0.573. The molecule has 0 radical (unpaired) electrons. The molecule has 7 heteroatoms. The average molecular weight is 271 g/mol. The van der Waals surface area contributed by atoms with E-state index in [2.05, 4.69) is 10.6 Å². The fourth-order valence-electron chi connectivity index (χ4n) is 1.97. The lowest BCUT2D eigenvalue weighted by atomic mass is 10.3. The van der Waals surface area contributed by atoms with E-state index in [-0.39, 0.29) is 19.2 Å². The van der Waals surface area contributed by atoms with E-state index < -0.39 is 12.1 Å². The fourth-order valence-corrected chi connectivity index (χ4v) is 1.97. The Balaban J connectivity index is 1.59. The van der Waals surface area contributed by atoms with E-state index >= 15 is 0 Å². The van der Waals surface area contributed by atoms with Crippen LogP contribution in [0.1, 0.15) is 19.3 Å². The van der Waals surface area contributed by atoms with Crippen molar-refractivity contribution in [3.05, 3.63) is 0 Å². The Morgan fingerprint density at radius 1 is 1.32 bits per heavy atom. The summed E-state index contributed by atoms with van der Waals surface area (Å²) in [4.78, 5) is 24.1. The van der Waals surface area contributed by atoms with E-state index in [4.69, 9.17) is 9.84 Å². The maximum atomic E-state index is 11.8. The van der Waals surface area contributed by atoms with Crippen LogP contribution < -0.4 is 10.6 Å². The predicted octanol–water partition coefficient (Wildman–Crippen LogP) is -0.376. The Bertz CT molecular complexity index is 333. The first-order valence-corrected chi connectivity index (χ1v) is 6.77. The first kappa shape index (κ1) is 14.1. The molecule has 1 saturated heterocycles. The topological polar surface area (TPSA) is 90.9 Å². The zero-order valence-corrected chi connectivity index (χ0v) is 10.9. The van der Waals surface area contributed by atoms with Gasteiger partial charge in [0.2, 0.25) is 0 Å². The highest BCUT2D eigenvalue weighted by atomic mass is 16.5. The van der Waals surface area contributed by atoms with Gasteiger partial charge in [-0.3, -0.25) is 0 Å². The summed E-state index contributed by atoms with van der Waals surface area (Å²) in [6.07, 6.45) is 2.50. The number of carboxylic acids is 1. The van der Waals surface area contributed by atoms with E-state index in [0.29, 0.717) is 19.1 Å². The Kier molecular flexibility index (Phi) is 4.98. The highest BCUT2D eigenvalue weighted by Crippen LogP contribution is 2.18. The number of ether oxygens (including phenoxy) is 1. The lowest BCUT2D eigenvalue weighted by Gasteiger charge is -2.30. The molecule has 0 spiro atoms. The SMILES string of the molecule is O=C(O)C1CN(C(=O)NCCCNC2CC2)CCO1. The van der Waals surface area contributed by atoms with E-state index in [1.807, 2.05) is 0 Å². The smallest absolute Gasteiger partial charge is 0.334 e. The molecule has 2 amide bonds. The van der Waals surface area contributed by atoms with Gasteiger partial charge in [-0.1, -0.05) is 0 Å². The molecule has 3 N–H and O–H groups in total. The number of rotatable bonds is 6. The van der Waals surface area contributed by atoms with Crippen molar-refractivity contribution in [2.75, 3.05) is 32.8 Å². The molecule has 0 aromatic heterocycles. The van der Waals surface area contributed by atoms with E-state index in [9.17, 15) is 9.59 Å². The molecule has 7 nitrogen and oxygen atoms in total. The minimum Gasteiger partial charge on any atom is -0.479 e. The van der Waals surface area contributed by atoms with E-state index in [1.165, 1.54) is 17.7 Å². The van der Waals surface area contributed by atoms with Crippen molar-refractivity contribution < 1.29 is 19.4 Å². The average Bonchev–Trinajstić information content (AvgIpc) is 3.22. The van der Waals surface area contributed by atoms with Crippen molar-refractivity contribution >= 4 is 12.0 Å². The van der Waals surface area contributed by atoms with Crippen LogP contribution in [0.3, 0.4) is 0 Å². The van der Waals surface area contributed by atoms with Crippen LogP contribution in [0.5, 0.6) is 0 Å². The van der Waals surface area contributed by atoms with Crippen molar-refractivity contribution in [3.8, 4) is 0 Å². The third-order valence-corrected chi connectivity index (χ3v) is 3.27. The van der Waals surface area contributed by atoms with Gasteiger partial charge in [0.25, 0.3) is 0 Å². The molecule has 108 valence electrons. The number of carbonyl (C=O) groups is 2. The first-order chi connectivity index (χ1) is 9.16. The summed E-state index contributed by atoms with van der Waals surface area (Å²) < 4.78 is 5.06. The number of nitrogens with zero attached hydrogens (tertiary/aromatic N) is 1. The van der Waals surface area contributed by atoms with Gasteiger partial charge >= 0.3 is 12.0 Å². The Hall–Kier alpha value is -1.34.